The van der Waals surface area contributed by atoms with Crippen LogP contribution in [-0.4, -0.2) is 60.4 Å². The standard InChI is InChI=1S/C25H31N5O2S/c1-25(2,3)17-6-8-18(9-7-17)28-24(33)30-12-10-29(11-13-30)23-19-14-21(31-4)22(32-5)15-20(19)26-16-27-23/h6-9,14-16H,10-13H2,1-5H3,(H,28,33). The number of fused-ring (bicyclic) bond motifs is 1. The summed E-state index contributed by atoms with van der Waals surface area (Å²) in [4.78, 5) is 13.5. The van der Waals surface area contributed by atoms with Crippen LogP contribution in [-0.2, 0) is 5.41 Å². The highest BCUT2D eigenvalue weighted by molar-refractivity contribution is 7.80. The molecule has 3 aromatic rings. The summed E-state index contributed by atoms with van der Waals surface area (Å²) in [6, 6.07) is 12.3. The Balaban J connectivity index is 1.43. The first kappa shape index (κ1) is 23.0. The molecule has 0 amide bonds. The molecule has 7 nitrogen and oxygen atoms in total. The van der Waals surface area contributed by atoms with Crippen LogP contribution < -0.4 is 19.7 Å². The van der Waals surface area contributed by atoms with Gasteiger partial charge in [0.15, 0.2) is 16.6 Å². The third kappa shape index (κ3) is 4.95. The number of methoxy groups -OCH3 is 2. The minimum absolute atomic E-state index is 0.135. The zero-order chi connectivity index (χ0) is 23.6. The third-order valence-corrected chi connectivity index (χ3v) is 6.35. The van der Waals surface area contributed by atoms with E-state index in [0.717, 1.165) is 53.7 Å². The summed E-state index contributed by atoms with van der Waals surface area (Å²) in [6.45, 7) is 9.89. The summed E-state index contributed by atoms with van der Waals surface area (Å²) in [7, 11) is 3.26. The van der Waals surface area contributed by atoms with Crippen molar-refractivity contribution in [2.45, 2.75) is 26.2 Å². The van der Waals surface area contributed by atoms with Crippen molar-refractivity contribution in [2.75, 3.05) is 50.6 Å². The molecule has 0 atom stereocenters. The minimum Gasteiger partial charge on any atom is -0.493 e. The summed E-state index contributed by atoms with van der Waals surface area (Å²) in [5, 5.41) is 5.08. The molecule has 2 heterocycles. The fourth-order valence-electron chi connectivity index (χ4n) is 4.00. The third-order valence-electron chi connectivity index (χ3n) is 5.99. The smallest absolute Gasteiger partial charge is 0.173 e. The van der Waals surface area contributed by atoms with Crippen molar-refractivity contribution in [3.8, 4) is 11.5 Å². The summed E-state index contributed by atoms with van der Waals surface area (Å²) < 4.78 is 10.9. The van der Waals surface area contributed by atoms with Crippen LogP contribution in [0.15, 0.2) is 42.7 Å². The number of nitrogens with one attached hydrogen (secondary N) is 1. The van der Waals surface area contributed by atoms with Gasteiger partial charge in [0.25, 0.3) is 0 Å². The lowest BCUT2D eigenvalue weighted by Crippen LogP contribution is -2.50. The van der Waals surface area contributed by atoms with Gasteiger partial charge in [-0.05, 0) is 41.4 Å². The summed E-state index contributed by atoms with van der Waals surface area (Å²) in [5.74, 6) is 2.23. The number of aromatic nitrogens is 2. The summed E-state index contributed by atoms with van der Waals surface area (Å²) >= 11 is 5.70. The Bertz CT molecular complexity index is 1140. The quantitative estimate of drug-likeness (QED) is 0.567. The van der Waals surface area contributed by atoms with Gasteiger partial charge < -0.3 is 24.6 Å². The molecule has 8 heteroatoms. The van der Waals surface area contributed by atoms with Crippen LogP contribution in [0.2, 0.25) is 0 Å². The van der Waals surface area contributed by atoms with Gasteiger partial charge in [0.05, 0.1) is 19.7 Å². The maximum Gasteiger partial charge on any atom is 0.173 e. The van der Waals surface area contributed by atoms with E-state index in [0.29, 0.717) is 11.5 Å². The van der Waals surface area contributed by atoms with Gasteiger partial charge in [-0.15, -0.1) is 0 Å². The predicted octanol–water partition coefficient (Wildman–Crippen LogP) is 4.46. The highest BCUT2D eigenvalue weighted by Gasteiger charge is 2.22. The monoisotopic (exact) mass is 465 g/mol. The van der Waals surface area contributed by atoms with E-state index in [1.807, 2.05) is 12.1 Å². The van der Waals surface area contributed by atoms with E-state index in [2.05, 4.69) is 70.1 Å². The molecule has 1 aromatic heterocycles. The number of anilines is 2. The molecule has 1 N–H and O–H groups in total. The molecule has 0 unspecified atom stereocenters. The maximum atomic E-state index is 5.70. The van der Waals surface area contributed by atoms with Crippen molar-refractivity contribution in [1.82, 2.24) is 14.9 Å². The van der Waals surface area contributed by atoms with Gasteiger partial charge in [-0.1, -0.05) is 32.9 Å². The molecular weight excluding hydrogens is 434 g/mol. The minimum atomic E-state index is 0.135. The number of hydrogen-bond donors (Lipinski definition) is 1. The normalized spacial score (nSPS) is 14.3. The number of nitrogens with zero attached hydrogens (tertiary/aromatic N) is 4. The Morgan fingerprint density at radius 2 is 1.58 bits per heavy atom. The van der Waals surface area contributed by atoms with Gasteiger partial charge in [0, 0.05) is 43.3 Å². The lowest BCUT2D eigenvalue weighted by molar-refractivity contribution is 0.355. The second kappa shape index (κ2) is 9.39. The average Bonchev–Trinajstić information content (AvgIpc) is 2.82. The topological polar surface area (TPSA) is 62.8 Å². The Labute approximate surface area is 200 Å². The van der Waals surface area contributed by atoms with Gasteiger partial charge >= 0.3 is 0 Å². The molecule has 4 rings (SSSR count). The summed E-state index contributed by atoms with van der Waals surface area (Å²) in [5.41, 5.74) is 3.28. The highest BCUT2D eigenvalue weighted by atomic mass is 32.1. The molecule has 1 aliphatic heterocycles. The first-order valence-corrected chi connectivity index (χ1v) is 11.5. The van der Waals surface area contributed by atoms with Crippen LogP contribution in [0.25, 0.3) is 10.9 Å². The van der Waals surface area contributed by atoms with E-state index in [9.17, 15) is 0 Å². The number of ether oxygens (including phenoxy) is 2. The van der Waals surface area contributed by atoms with Crippen molar-refractivity contribution in [3.05, 3.63) is 48.3 Å². The zero-order valence-electron chi connectivity index (χ0n) is 19.9. The lowest BCUT2D eigenvalue weighted by atomic mass is 9.87. The van der Waals surface area contributed by atoms with Gasteiger partial charge in [0.2, 0.25) is 0 Å². The molecule has 2 aromatic carbocycles. The molecule has 0 spiro atoms. The van der Waals surface area contributed by atoms with Crippen molar-refractivity contribution in [3.63, 3.8) is 0 Å². The summed E-state index contributed by atoms with van der Waals surface area (Å²) in [6.07, 6.45) is 1.60. The molecule has 1 fully saturated rings. The van der Waals surface area contributed by atoms with E-state index in [1.54, 1.807) is 20.5 Å². The molecule has 33 heavy (non-hydrogen) atoms. The van der Waals surface area contributed by atoms with Crippen LogP contribution in [0.5, 0.6) is 11.5 Å². The lowest BCUT2D eigenvalue weighted by Gasteiger charge is -2.37. The Morgan fingerprint density at radius 3 is 2.18 bits per heavy atom. The molecule has 0 radical (unpaired) electrons. The van der Waals surface area contributed by atoms with Crippen molar-refractivity contribution < 1.29 is 9.47 Å². The largest absolute Gasteiger partial charge is 0.493 e. The van der Waals surface area contributed by atoms with Crippen LogP contribution in [0.1, 0.15) is 26.3 Å². The Hall–Kier alpha value is -3.13. The average molecular weight is 466 g/mol. The first-order valence-electron chi connectivity index (χ1n) is 11.1. The number of rotatable bonds is 4. The first-order chi connectivity index (χ1) is 15.8. The van der Waals surface area contributed by atoms with E-state index < -0.39 is 0 Å². The van der Waals surface area contributed by atoms with Gasteiger partial charge in [-0.3, -0.25) is 0 Å². The van der Waals surface area contributed by atoms with Crippen LogP contribution in [0.4, 0.5) is 11.5 Å². The van der Waals surface area contributed by atoms with Gasteiger partial charge in [-0.2, -0.15) is 0 Å². The SMILES string of the molecule is COc1cc2ncnc(N3CCN(C(=S)Nc4ccc(C(C)(C)C)cc4)CC3)c2cc1OC. The molecule has 0 bridgehead atoms. The van der Waals surface area contributed by atoms with Crippen molar-refractivity contribution in [1.29, 1.82) is 0 Å². The van der Waals surface area contributed by atoms with Crippen LogP contribution >= 0.6 is 12.2 Å². The molecular formula is C25H31N5O2S. The van der Waals surface area contributed by atoms with Crippen molar-refractivity contribution >= 4 is 39.7 Å². The molecule has 174 valence electrons. The Kier molecular flexibility index (Phi) is 6.56. The van der Waals surface area contributed by atoms with E-state index in [-0.39, 0.29) is 5.41 Å². The maximum absolute atomic E-state index is 5.70. The molecule has 1 saturated heterocycles. The fourth-order valence-corrected chi connectivity index (χ4v) is 4.30. The predicted molar refractivity (Wildman–Crippen MR) is 138 cm³/mol. The molecule has 1 aliphatic rings. The zero-order valence-corrected chi connectivity index (χ0v) is 20.7. The van der Waals surface area contributed by atoms with E-state index in [4.69, 9.17) is 21.7 Å². The second-order valence-electron chi connectivity index (χ2n) is 9.15. The fraction of sp³-hybridized carbons (Fsp3) is 0.400. The number of thiocarbonyl (C=S) groups is 1. The number of benzene rings is 2. The van der Waals surface area contributed by atoms with Gasteiger partial charge in [-0.25, -0.2) is 9.97 Å². The van der Waals surface area contributed by atoms with Crippen LogP contribution in [0, 0.1) is 0 Å². The van der Waals surface area contributed by atoms with E-state index >= 15 is 0 Å². The van der Waals surface area contributed by atoms with Crippen LogP contribution in [0.3, 0.4) is 0 Å². The number of piperazine rings is 1. The van der Waals surface area contributed by atoms with Gasteiger partial charge in [0.1, 0.15) is 12.1 Å². The molecule has 0 saturated carbocycles. The highest BCUT2D eigenvalue weighted by Crippen LogP contribution is 2.35. The van der Waals surface area contributed by atoms with E-state index in [1.165, 1.54) is 5.56 Å². The van der Waals surface area contributed by atoms with Crippen molar-refractivity contribution in [2.24, 2.45) is 0 Å². The second-order valence-corrected chi connectivity index (χ2v) is 9.54. The Morgan fingerprint density at radius 1 is 0.939 bits per heavy atom. The number of hydrogen-bond acceptors (Lipinski definition) is 6. The molecule has 0 aliphatic carbocycles.